The number of benzene rings is 1. The molecule has 90 valence electrons. The second-order valence-corrected chi connectivity index (χ2v) is 5.39. The first-order chi connectivity index (χ1) is 7.36. The van der Waals surface area contributed by atoms with E-state index in [1.54, 1.807) is 0 Å². The summed E-state index contributed by atoms with van der Waals surface area (Å²) in [5.74, 6) is 0. The lowest BCUT2D eigenvalue weighted by Gasteiger charge is -2.22. The Balaban J connectivity index is 2.87. The van der Waals surface area contributed by atoms with Crippen LogP contribution in [0.4, 0.5) is 0 Å². The van der Waals surface area contributed by atoms with Gasteiger partial charge in [-0.15, -0.1) is 0 Å². The fraction of sp³-hybridized carbons (Fsp3) is 0.571. The van der Waals surface area contributed by atoms with Gasteiger partial charge in [0.25, 0.3) is 0 Å². The first kappa shape index (κ1) is 13.2. The van der Waals surface area contributed by atoms with Crippen LogP contribution in [-0.2, 0) is 5.41 Å². The molecule has 0 spiro atoms. The second kappa shape index (κ2) is 4.98. The molecule has 0 fully saturated rings. The Bertz CT molecular complexity index is 324. The molecule has 2 heteroatoms. The molecular weight excluding hydrogens is 198 g/mol. The smallest absolute Gasteiger partial charge is 0.0940 e. The van der Waals surface area contributed by atoms with Crippen LogP contribution in [0.5, 0.6) is 0 Å². The number of aliphatic hydroxyl groups is 1. The molecule has 1 aromatic rings. The van der Waals surface area contributed by atoms with Crippen LogP contribution >= 0.6 is 0 Å². The van der Waals surface area contributed by atoms with Crippen molar-refractivity contribution in [1.29, 1.82) is 0 Å². The summed E-state index contributed by atoms with van der Waals surface area (Å²) < 4.78 is 0. The van der Waals surface area contributed by atoms with Gasteiger partial charge in [-0.2, -0.15) is 0 Å². The fourth-order valence-electron chi connectivity index (χ4n) is 1.63. The van der Waals surface area contributed by atoms with Gasteiger partial charge in [0.15, 0.2) is 0 Å². The van der Waals surface area contributed by atoms with Gasteiger partial charge in [0.05, 0.1) is 6.10 Å². The normalized spacial score (nSPS) is 15.9. The first-order valence-electron chi connectivity index (χ1n) is 5.82. The quantitative estimate of drug-likeness (QED) is 0.822. The SMILES string of the molecule is CNC(C)C(O)c1ccc(C(C)(C)C)cc1. The molecule has 0 saturated heterocycles. The molecule has 2 unspecified atom stereocenters. The molecular formula is C14H23NO. The molecule has 2 atom stereocenters. The zero-order valence-electron chi connectivity index (χ0n) is 10.9. The molecule has 1 rings (SSSR count). The summed E-state index contributed by atoms with van der Waals surface area (Å²) in [6.07, 6.45) is -0.445. The molecule has 0 aliphatic carbocycles. The Morgan fingerprint density at radius 1 is 1.12 bits per heavy atom. The maximum Gasteiger partial charge on any atom is 0.0940 e. The molecule has 0 aromatic heterocycles. The number of hydrogen-bond donors (Lipinski definition) is 2. The van der Waals surface area contributed by atoms with Crippen LogP contribution in [0, 0.1) is 0 Å². The number of hydrogen-bond acceptors (Lipinski definition) is 2. The van der Waals surface area contributed by atoms with E-state index in [4.69, 9.17) is 0 Å². The average Bonchev–Trinajstić information content (AvgIpc) is 2.26. The maximum absolute atomic E-state index is 10.0. The minimum Gasteiger partial charge on any atom is -0.387 e. The van der Waals surface area contributed by atoms with Crippen molar-refractivity contribution in [3.05, 3.63) is 35.4 Å². The van der Waals surface area contributed by atoms with Crippen LogP contribution in [0.2, 0.25) is 0 Å². The Labute approximate surface area is 98.7 Å². The highest BCUT2D eigenvalue weighted by Gasteiger charge is 2.17. The van der Waals surface area contributed by atoms with E-state index >= 15 is 0 Å². The Kier molecular flexibility index (Phi) is 4.11. The summed E-state index contributed by atoms with van der Waals surface area (Å²) in [6.45, 7) is 8.54. The number of likely N-dealkylation sites (N-methyl/N-ethyl adjacent to an activating group) is 1. The molecule has 1 aromatic carbocycles. The van der Waals surface area contributed by atoms with E-state index < -0.39 is 6.10 Å². The summed E-state index contributed by atoms with van der Waals surface area (Å²) in [4.78, 5) is 0. The third-order valence-corrected chi connectivity index (χ3v) is 3.05. The van der Waals surface area contributed by atoms with Gasteiger partial charge in [-0.3, -0.25) is 0 Å². The van der Waals surface area contributed by atoms with Crippen molar-refractivity contribution in [2.75, 3.05) is 7.05 Å². The Hall–Kier alpha value is -0.860. The number of nitrogens with one attached hydrogen (secondary N) is 1. The maximum atomic E-state index is 10.0. The van der Waals surface area contributed by atoms with E-state index in [9.17, 15) is 5.11 Å². The van der Waals surface area contributed by atoms with Gasteiger partial charge in [-0.25, -0.2) is 0 Å². The molecule has 0 amide bonds. The third-order valence-electron chi connectivity index (χ3n) is 3.05. The summed E-state index contributed by atoms with van der Waals surface area (Å²) in [5.41, 5.74) is 2.42. The van der Waals surface area contributed by atoms with Gasteiger partial charge < -0.3 is 10.4 Å². The van der Waals surface area contributed by atoms with E-state index in [1.807, 2.05) is 26.1 Å². The van der Waals surface area contributed by atoms with Crippen molar-refractivity contribution in [2.45, 2.75) is 45.3 Å². The second-order valence-electron chi connectivity index (χ2n) is 5.39. The lowest BCUT2D eigenvalue weighted by Crippen LogP contribution is -2.28. The van der Waals surface area contributed by atoms with Gasteiger partial charge in [-0.1, -0.05) is 45.0 Å². The Morgan fingerprint density at radius 3 is 2.00 bits per heavy atom. The van der Waals surface area contributed by atoms with Gasteiger partial charge >= 0.3 is 0 Å². The van der Waals surface area contributed by atoms with Gasteiger partial charge in [0, 0.05) is 6.04 Å². The van der Waals surface area contributed by atoms with Crippen molar-refractivity contribution in [3.63, 3.8) is 0 Å². The molecule has 0 saturated carbocycles. The van der Waals surface area contributed by atoms with E-state index in [1.165, 1.54) is 5.56 Å². The molecule has 0 heterocycles. The highest BCUT2D eigenvalue weighted by Crippen LogP contribution is 2.24. The Morgan fingerprint density at radius 2 is 1.62 bits per heavy atom. The van der Waals surface area contributed by atoms with Crippen molar-refractivity contribution in [3.8, 4) is 0 Å². The van der Waals surface area contributed by atoms with Gasteiger partial charge in [0.2, 0.25) is 0 Å². The minimum atomic E-state index is -0.445. The van der Waals surface area contributed by atoms with E-state index in [2.05, 4.69) is 38.2 Å². The summed E-state index contributed by atoms with van der Waals surface area (Å²) in [6, 6.07) is 8.29. The zero-order chi connectivity index (χ0) is 12.3. The van der Waals surface area contributed by atoms with Crippen molar-refractivity contribution >= 4 is 0 Å². The average molecular weight is 221 g/mol. The van der Waals surface area contributed by atoms with Crippen molar-refractivity contribution < 1.29 is 5.11 Å². The first-order valence-corrected chi connectivity index (χ1v) is 5.82. The van der Waals surface area contributed by atoms with Crippen LogP contribution in [0.25, 0.3) is 0 Å². The third kappa shape index (κ3) is 3.06. The topological polar surface area (TPSA) is 32.3 Å². The number of rotatable bonds is 3. The predicted octanol–water partition coefficient (Wildman–Crippen LogP) is 2.63. The fourth-order valence-corrected chi connectivity index (χ4v) is 1.63. The van der Waals surface area contributed by atoms with Crippen LogP contribution in [0.3, 0.4) is 0 Å². The van der Waals surface area contributed by atoms with Crippen LogP contribution in [0.1, 0.15) is 44.9 Å². The monoisotopic (exact) mass is 221 g/mol. The largest absolute Gasteiger partial charge is 0.387 e. The van der Waals surface area contributed by atoms with Crippen molar-refractivity contribution in [2.24, 2.45) is 0 Å². The van der Waals surface area contributed by atoms with E-state index in [0.717, 1.165) is 5.56 Å². The zero-order valence-corrected chi connectivity index (χ0v) is 10.9. The molecule has 0 aliphatic rings. The van der Waals surface area contributed by atoms with Crippen LogP contribution < -0.4 is 5.32 Å². The molecule has 0 radical (unpaired) electrons. The van der Waals surface area contributed by atoms with Gasteiger partial charge in [-0.05, 0) is 30.5 Å². The molecule has 2 N–H and O–H groups in total. The van der Waals surface area contributed by atoms with Crippen LogP contribution in [0.15, 0.2) is 24.3 Å². The number of aliphatic hydroxyl groups excluding tert-OH is 1. The molecule has 0 bridgehead atoms. The van der Waals surface area contributed by atoms with E-state index in [0.29, 0.717) is 0 Å². The highest BCUT2D eigenvalue weighted by atomic mass is 16.3. The summed E-state index contributed by atoms with van der Waals surface area (Å²) in [5, 5.41) is 13.1. The summed E-state index contributed by atoms with van der Waals surface area (Å²) in [7, 11) is 1.86. The van der Waals surface area contributed by atoms with Gasteiger partial charge in [0.1, 0.15) is 0 Å². The summed E-state index contributed by atoms with van der Waals surface area (Å²) >= 11 is 0. The van der Waals surface area contributed by atoms with Crippen molar-refractivity contribution in [1.82, 2.24) is 5.32 Å². The van der Waals surface area contributed by atoms with E-state index in [-0.39, 0.29) is 11.5 Å². The lowest BCUT2D eigenvalue weighted by atomic mass is 9.86. The predicted molar refractivity (Wildman–Crippen MR) is 68.6 cm³/mol. The minimum absolute atomic E-state index is 0.0699. The van der Waals surface area contributed by atoms with Crippen LogP contribution in [-0.4, -0.2) is 18.2 Å². The highest BCUT2D eigenvalue weighted by molar-refractivity contribution is 5.29. The lowest BCUT2D eigenvalue weighted by molar-refractivity contribution is 0.140. The molecule has 2 nitrogen and oxygen atoms in total. The molecule has 0 aliphatic heterocycles. The standard InChI is InChI=1S/C14H23NO/c1-10(15-5)13(16)11-6-8-12(9-7-11)14(2,3)4/h6-10,13,15-16H,1-5H3. The molecule has 16 heavy (non-hydrogen) atoms.